The van der Waals surface area contributed by atoms with Crippen LogP contribution < -0.4 is 21.2 Å². The van der Waals surface area contributed by atoms with Crippen LogP contribution in [0.15, 0.2) is 108 Å². The Balaban J connectivity index is 1.92. The zero-order chi connectivity index (χ0) is 27.9. The number of ether oxygens (including phenoxy) is 1. The molecule has 5 rings (SSSR count). The topological polar surface area (TPSA) is 77.5 Å². The van der Waals surface area contributed by atoms with E-state index >= 15 is 9.13 Å². The number of cyclic esters (lactones) is 2. The lowest BCUT2D eigenvalue weighted by Crippen LogP contribution is -2.23. The van der Waals surface area contributed by atoms with E-state index in [4.69, 9.17) is 4.74 Å². The Hall–Kier alpha value is -3.78. The first-order valence-electron chi connectivity index (χ1n) is 12.6. The third-order valence-electron chi connectivity index (χ3n) is 7.02. The maximum Gasteiger partial charge on any atom is 0.351 e. The van der Waals surface area contributed by atoms with Gasteiger partial charge in [0, 0.05) is 21.2 Å². The van der Waals surface area contributed by atoms with E-state index in [0.717, 1.165) is 22.3 Å². The highest BCUT2D eigenvalue weighted by molar-refractivity contribution is 7.87. The largest absolute Gasteiger partial charge is 0.385 e. The predicted octanol–water partition coefficient (Wildman–Crippen LogP) is 5.54. The van der Waals surface area contributed by atoms with E-state index < -0.39 is 26.2 Å². The Morgan fingerprint density at radius 3 is 0.821 bits per heavy atom. The van der Waals surface area contributed by atoms with Crippen LogP contribution in [0.4, 0.5) is 0 Å². The zero-order valence-electron chi connectivity index (χ0n) is 22.2. The molecule has 0 unspecified atom stereocenters. The molecule has 1 heterocycles. The third-order valence-corrected chi connectivity index (χ3v) is 13.4. The summed E-state index contributed by atoms with van der Waals surface area (Å²) in [5.41, 5.74) is 3.77. The van der Waals surface area contributed by atoms with Gasteiger partial charge in [-0.3, -0.25) is 0 Å². The van der Waals surface area contributed by atoms with Crippen molar-refractivity contribution in [3.8, 4) is 0 Å². The summed E-state index contributed by atoms with van der Waals surface area (Å²) >= 11 is 0. The number of rotatable bonds is 6. The van der Waals surface area contributed by atoms with Crippen molar-refractivity contribution in [2.24, 2.45) is 0 Å². The summed E-state index contributed by atoms with van der Waals surface area (Å²) in [6.45, 7) is 7.62. The van der Waals surface area contributed by atoms with Gasteiger partial charge in [0.2, 0.25) is 0 Å². The summed E-state index contributed by atoms with van der Waals surface area (Å²) in [6.07, 6.45) is 0. The number of hydrogen-bond acceptors (Lipinski definition) is 5. The molecule has 0 fully saturated rings. The van der Waals surface area contributed by atoms with E-state index in [0.29, 0.717) is 21.2 Å². The van der Waals surface area contributed by atoms with Gasteiger partial charge >= 0.3 is 11.9 Å². The average molecular weight is 555 g/mol. The van der Waals surface area contributed by atoms with Crippen LogP contribution in [0.25, 0.3) is 0 Å². The molecule has 1 aliphatic heterocycles. The van der Waals surface area contributed by atoms with E-state index in [-0.39, 0.29) is 10.6 Å². The Morgan fingerprint density at radius 2 is 0.615 bits per heavy atom. The fourth-order valence-corrected chi connectivity index (χ4v) is 10.9. The summed E-state index contributed by atoms with van der Waals surface area (Å²) in [7, 11) is -8.01. The SMILES string of the molecule is Cc1ccc(P(=O)(C2=C(P(=O)(c3ccc(C)cc3)c3ccc(C)cc3)C(=O)OC2=O)c2ccc(C)cc2)cc1. The molecule has 7 heteroatoms. The highest BCUT2D eigenvalue weighted by Crippen LogP contribution is 2.64. The van der Waals surface area contributed by atoms with Crippen molar-refractivity contribution in [1.82, 2.24) is 0 Å². The van der Waals surface area contributed by atoms with Crippen LogP contribution in [0, 0.1) is 27.7 Å². The molecule has 4 aromatic carbocycles. The van der Waals surface area contributed by atoms with Crippen LogP contribution in [0.1, 0.15) is 22.3 Å². The minimum atomic E-state index is -4.01. The lowest BCUT2D eigenvalue weighted by atomic mass is 10.2. The van der Waals surface area contributed by atoms with Crippen molar-refractivity contribution in [3.63, 3.8) is 0 Å². The van der Waals surface area contributed by atoms with Gasteiger partial charge in [-0.05, 0) is 27.7 Å². The zero-order valence-corrected chi connectivity index (χ0v) is 24.0. The second-order valence-corrected chi connectivity index (χ2v) is 15.3. The minimum absolute atomic E-state index is 0.329. The van der Waals surface area contributed by atoms with Crippen LogP contribution >= 0.6 is 14.3 Å². The summed E-state index contributed by atoms with van der Waals surface area (Å²) in [6, 6.07) is 28.0. The molecule has 0 N–H and O–H groups in total. The van der Waals surface area contributed by atoms with Crippen LogP contribution in [-0.4, -0.2) is 11.9 Å². The van der Waals surface area contributed by atoms with Crippen molar-refractivity contribution in [2.75, 3.05) is 0 Å². The maximum atomic E-state index is 15.4. The lowest BCUT2D eigenvalue weighted by Gasteiger charge is -2.24. The van der Waals surface area contributed by atoms with Crippen LogP contribution in [-0.2, 0) is 23.5 Å². The highest BCUT2D eigenvalue weighted by Gasteiger charge is 2.53. The molecule has 0 atom stereocenters. The standard InChI is InChI=1S/C32H28O5P2/c1-21-5-13-25(14-6-21)38(35,26-15-7-22(2)8-16-26)29-30(32(34)37-31(29)33)39(36,27-17-9-23(3)10-18-27)28-19-11-24(4)12-20-28/h5-20H,1-4H3. The molecule has 0 bridgehead atoms. The number of carbonyl (C=O) groups is 2. The summed E-state index contributed by atoms with van der Waals surface area (Å²) < 4.78 is 35.9. The molecule has 196 valence electrons. The molecule has 0 amide bonds. The van der Waals surface area contributed by atoms with Gasteiger partial charge in [0.15, 0.2) is 14.3 Å². The Kier molecular flexibility index (Phi) is 6.93. The minimum Gasteiger partial charge on any atom is -0.385 e. The van der Waals surface area contributed by atoms with Gasteiger partial charge in [0.05, 0.1) is 0 Å². The Bertz CT molecular complexity index is 1490. The van der Waals surface area contributed by atoms with Gasteiger partial charge in [0.25, 0.3) is 0 Å². The quantitative estimate of drug-likeness (QED) is 0.178. The van der Waals surface area contributed by atoms with Gasteiger partial charge in [-0.2, -0.15) is 0 Å². The third kappa shape index (κ3) is 4.56. The Morgan fingerprint density at radius 1 is 0.410 bits per heavy atom. The molecule has 0 saturated carbocycles. The summed E-state index contributed by atoms with van der Waals surface area (Å²) in [4.78, 5) is 27.1. The second kappa shape index (κ2) is 10.1. The fraction of sp³-hybridized carbons (Fsp3) is 0.125. The van der Waals surface area contributed by atoms with Crippen molar-refractivity contribution in [1.29, 1.82) is 0 Å². The molecule has 1 aliphatic rings. The van der Waals surface area contributed by atoms with E-state index in [1.807, 2.05) is 27.7 Å². The van der Waals surface area contributed by atoms with E-state index in [2.05, 4.69) is 0 Å². The van der Waals surface area contributed by atoms with Crippen LogP contribution in [0.5, 0.6) is 0 Å². The number of esters is 2. The molecule has 0 saturated heterocycles. The van der Waals surface area contributed by atoms with Gasteiger partial charge in [-0.15, -0.1) is 0 Å². The van der Waals surface area contributed by atoms with E-state index in [1.165, 1.54) is 0 Å². The lowest BCUT2D eigenvalue weighted by molar-refractivity contribution is -0.150. The first kappa shape index (κ1) is 26.8. The smallest absolute Gasteiger partial charge is 0.351 e. The molecule has 4 aromatic rings. The monoisotopic (exact) mass is 554 g/mol. The highest BCUT2D eigenvalue weighted by atomic mass is 31.2. The van der Waals surface area contributed by atoms with Crippen molar-refractivity contribution in [3.05, 3.63) is 130 Å². The first-order chi connectivity index (χ1) is 18.5. The molecule has 0 aliphatic carbocycles. The predicted molar refractivity (Wildman–Crippen MR) is 157 cm³/mol. The van der Waals surface area contributed by atoms with E-state index in [1.54, 1.807) is 97.1 Å². The Labute approximate surface area is 228 Å². The first-order valence-corrected chi connectivity index (χ1v) is 16.0. The second-order valence-electron chi connectivity index (χ2n) is 9.93. The fourth-order valence-electron chi connectivity index (χ4n) is 4.76. The molecular weight excluding hydrogens is 526 g/mol. The normalized spacial score (nSPS) is 14.1. The number of benzene rings is 4. The van der Waals surface area contributed by atoms with Gasteiger partial charge in [-0.1, -0.05) is 119 Å². The molecule has 0 spiro atoms. The maximum absolute atomic E-state index is 15.4. The number of aryl methyl sites for hydroxylation is 4. The summed E-state index contributed by atoms with van der Waals surface area (Å²) in [5, 5.41) is 0.770. The van der Waals surface area contributed by atoms with Crippen molar-refractivity contribution >= 4 is 47.4 Å². The molecule has 39 heavy (non-hydrogen) atoms. The average Bonchev–Trinajstić information content (AvgIpc) is 3.23. The molecule has 5 nitrogen and oxygen atoms in total. The van der Waals surface area contributed by atoms with E-state index in [9.17, 15) is 9.59 Å². The van der Waals surface area contributed by atoms with Gasteiger partial charge in [0.1, 0.15) is 10.6 Å². The van der Waals surface area contributed by atoms with Gasteiger partial charge in [-0.25, -0.2) is 9.59 Å². The molecule has 0 aromatic heterocycles. The summed E-state index contributed by atoms with van der Waals surface area (Å²) in [5.74, 6) is -2.06. The molecule has 0 radical (unpaired) electrons. The molecular formula is C32H28O5P2. The number of hydrogen-bond donors (Lipinski definition) is 0. The number of carbonyl (C=O) groups excluding carboxylic acids is 2. The van der Waals surface area contributed by atoms with Crippen molar-refractivity contribution in [2.45, 2.75) is 27.7 Å². The van der Waals surface area contributed by atoms with Gasteiger partial charge < -0.3 is 13.9 Å². The van der Waals surface area contributed by atoms with Crippen LogP contribution in [0.3, 0.4) is 0 Å². The van der Waals surface area contributed by atoms with Crippen molar-refractivity contribution < 1.29 is 23.5 Å². The van der Waals surface area contributed by atoms with Crippen LogP contribution in [0.2, 0.25) is 0 Å².